The van der Waals surface area contributed by atoms with Crippen molar-refractivity contribution in [3.63, 3.8) is 0 Å². The van der Waals surface area contributed by atoms with Crippen molar-refractivity contribution in [3.05, 3.63) is 42.1 Å². The Balaban J connectivity index is 1.33. The van der Waals surface area contributed by atoms with Crippen molar-refractivity contribution < 1.29 is 13.2 Å². The second-order valence-corrected chi connectivity index (χ2v) is 10.8. The van der Waals surface area contributed by atoms with E-state index in [0.717, 1.165) is 26.7 Å². The van der Waals surface area contributed by atoms with E-state index < -0.39 is 10.0 Å². The summed E-state index contributed by atoms with van der Waals surface area (Å²) in [5.74, 6) is -0.0250. The van der Waals surface area contributed by atoms with Crippen LogP contribution < -0.4 is 9.80 Å². The van der Waals surface area contributed by atoms with Gasteiger partial charge in [0.15, 0.2) is 5.13 Å². The molecular formula is C21H23N5O3S2. The van der Waals surface area contributed by atoms with Crippen molar-refractivity contribution in [1.82, 2.24) is 14.3 Å². The molecule has 0 N–H and O–H groups in total. The molecule has 3 aromatic rings. The van der Waals surface area contributed by atoms with E-state index in [4.69, 9.17) is 0 Å². The number of carbonyl (C=O) groups is 1. The maximum atomic E-state index is 13.3. The molecule has 31 heavy (non-hydrogen) atoms. The van der Waals surface area contributed by atoms with Gasteiger partial charge in [0.05, 0.1) is 4.90 Å². The molecule has 1 atom stereocenters. The van der Waals surface area contributed by atoms with Crippen LogP contribution >= 0.6 is 11.3 Å². The van der Waals surface area contributed by atoms with Gasteiger partial charge in [-0.05, 0) is 49.2 Å². The first-order valence-electron chi connectivity index (χ1n) is 10.2. The molecule has 0 saturated carbocycles. The number of amides is 1. The number of rotatable bonds is 3. The van der Waals surface area contributed by atoms with Crippen LogP contribution in [0, 0.1) is 0 Å². The Morgan fingerprint density at radius 3 is 2.65 bits per heavy atom. The molecule has 5 rings (SSSR count). The maximum absolute atomic E-state index is 13.3. The number of carbonyl (C=O) groups excluding carboxylic acids is 1. The van der Waals surface area contributed by atoms with Gasteiger partial charge in [-0.25, -0.2) is 18.4 Å². The highest BCUT2D eigenvalue weighted by Crippen LogP contribution is 2.35. The quantitative estimate of drug-likeness (QED) is 0.601. The van der Waals surface area contributed by atoms with E-state index in [1.165, 1.54) is 22.6 Å². The summed E-state index contributed by atoms with van der Waals surface area (Å²) in [6.07, 6.45) is 2.42. The van der Waals surface area contributed by atoms with Gasteiger partial charge in [0.25, 0.3) is 0 Å². The molecule has 10 heteroatoms. The van der Waals surface area contributed by atoms with Crippen molar-refractivity contribution in [1.29, 1.82) is 0 Å². The fourth-order valence-corrected chi connectivity index (χ4v) is 6.84. The molecule has 0 aliphatic carbocycles. The zero-order chi connectivity index (χ0) is 21.8. The second kappa shape index (κ2) is 7.54. The average molecular weight is 458 g/mol. The number of sulfonamides is 1. The smallest absolute Gasteiger partial charge is 0.243 e. The lowest BCUT2D eigenvalue weighted by atomic mass is 10.1. The minimum absolute atomic E-state index is 0.0250. The lowest BCUT2D eigenvalue weighted by molar-refractivity contribution is -0.116. The largest absolute Gasteiger partial charge is 0.345 e. The summed E-state index contributed by atoms with van der Waals surface area (Å²) in [5.41, 5.74) is 2.59. The number of nitrogens with zero attached hydrogens (tertiary/aromatic N) is 5. The summed E-state index contributed by atoms with van der Waals surface area (Å²) in [4.78, 5) is 25.9. The zero-order valence-corrected chi connectivity index (χ0v) is 19.0. The number of pyridine rings is 1. The molecule has 1 fully saturated rings. The Bertz CT molecular complexity index is 1230. The highest BCUT2D eigenvalue weighted by atomic mass is 32.2. The average Bonchev–Trinajstić information content (AvgIpc) is 3.33. The van der Waals surface area contributed by atoms with Gasteiger partial charge in [-0.3, -0.25) is 4.79 Å². The third kappa shape index (κ3) is 3.48. The molecule has 4 heterocycles. The summed E-state index contributed by atoms with van der Waals surface area (Å²) in [6, 6.07) is 8.95. The highest BCUT2D eigenvalue weighted by Gasteiger charge is 2.33. The number of piperazine rings is 1. The third-order valence-corrected chi connectivity index (χ3v) is 8.84. The van der Waals surface area contributed by atoms with E-state index in [1.807, 2.05) is 19.1 Å². The third-order valence-electron chi connectivity index (χ3n) is 5.91. The van der Waals surface area contributed by atoms with Crippen LogP contribution in [0.15, 0.2) is 41.4 Å². The molecular weight excluding hydrogens is 434 g/mol. The molecule has 2 aliphatic rings. The Morgan fingerprint density at radius 1 is 1.16 bits per heavy atom. The molecule has 0 bridgehead atoms. The number of hydrogen-bond acceptors (Lipinski definition) is 7. The zero-order valence-electron chi connectivity index (χ0n) is 17.4. The van der Waals surface area contributed by atoms with Gasteiger partial charge in [-0.2, -0.15) is 4.31 Å². The topological polar surface area (TPSA) is 86.7 Å². The van der Waals surface area contributed by atoms with Crippen molar-refractivity contribution in [2.75, 3.05) is 36.0 Å². The predicted molar refractivity (Wildman–Crippen MR) is 121 cm³/mol. The molecule has 8 nitrogen and oxygen atoms in total. The van der Waals surface area contributed by atoms with Crippen LogP contribution in [0.25, 0.3) is 10.3 Å². The fourth-order valence-electron chi connectivity index (χ4n) is 4.41. The van der Waals surface area contributed by atoms with E-state index in [0.29, 0.717) is 37.5 Å². The predicted octanol–water partition coefficient (Wildman–Crippen LogP) is 2.50. The molecule has 162 valence electrons. The Kier molecular flexibility index (Phi) is 4.95. The minimum atomic E-state index is -3.60. The van der Waals surface area contributed by atoms with E-state index in [1.54, 1.807) is 29.3 Å². The lowest BCUT2D eigenvalue weighted by Crippen LogP contribution is -2.48. The van der Waals surface area contributed by atoms with Gasteiger partial charge < -0.3 is 9.80 Å². The van der Waals surface area contributed by atoms with E-state index in [9.17, 15) is 13.2 Å². The molecule has 2 aliphatic heterocycles. The normalized spacial score (nSPS) is 19.7. The summed E-state index contributed by atoms with van der Waals surface area (Å²) < 4.78 is 28.1. The summed E-state index contributed by atoms with van der Waals surface area (Å²) >= 11 is 1.53. The first-order chi connectivity index (χ1) is 14.8. The molecule has 0 unspecified atom stereocenters. The second-order valence-electron chi connectivity index (χ2n) is 7.95. The molecule has 1 saturated heterocycles. The number of benzene rings is 1. The summed E-state index contributed by atoms with van der Waals surface area (Å²) in [6.45, 7) is 5.49. The fraction of sp³-hybridized carbons (Fsp3) is 0.381. The molecule has 0 radical (unpaired) electrons. The van der Waals surface area contributed by atoms with Crippen LogP contribution in [0.1, 0.15) is 19.4 Å². The minimum Gasteiger partial charge on any atom is -0.345 e. The highest BCUT2D eigenvalue weighted by molar-refractivity contribution is 7.89. The summed E-state index contributed by atoms with van der Waals surface area (Å²) in [5, 5.41) is 0.876. The van der Waals surface area contributed by atoms with Gasteiger partial charge in [0, 0.05) is 51.0 Å². The maximum Gasteiger partial charge on any atom is 0.243 e. The molecule has 1 amide bonds. The van der Waals surface area contributed by atoms with Gasteiger partial charge in [-0.1, -0.05) is 11.3 Å². The van der Waals surface area contributed by atoms with Crippen LogP contribution in [0.4, 0.5) is 10.8 Å². The van der Waals surface area contributed by atoms with Crippen LogP contribution in [-0.4, -0.2) is 60.8 Å². The monoisotopic (exact) mass is 457 g/mol. The van der Waals surface area contributed by atoms with E-state index in [-0.39, 0.29) is 11.9 Å². The van der Waals surface area contributed by atoms with Gasteiger partial charge >= 0.3 is 0 Å². The summed E-state index contributed by atoms with van der Waals surface area (Å²) in [7, 11) is -3.60. The van der Waals surface area contributed by atoms with E-state index >= 15 is 0 Å². The van der Waals surface area contributed by atoms with Gasteiger partial charge in [-0.15, -0.1) is 0 Å². The lowest BCUT2D eigenvalue weighted by Gasteiger charge is -2.33. The van der Waals surface area contributed by atoms with Gasteiger partial charge in [0.2, 0.25) is 15.9 Å². The van der Waals surface area contributed by atoms with Crippen LogP contribution in [-0.2, 0) is 21.2 Å². The first-order valence-corrected chi connectivity index (χ1v) is 12.5. The van der Waals surface area contributed by atoms with E-state index in [2.05, 4.69) is 14.9 Å². The molecule has 2 aromatic heterocycles. The Morgan fingerprint density at radius 2 is 1.94 bits per heavy atom. The molecule has 1 aromatic carbocycles. The number of aromatic nitrogens is 2. The number of anilines is 2. The van der Waals surface area contributed by atoms with Crippen LogP contribution in [0.5, 0.6) is 0 Å². The number of fused-ring (bicyclic) bond motifs is 2. The van der Waals surface area contributed by atoms with Crippen molar-refractivity contribution in [2.24, 2.45) is 0 Å². The number of hydrogen-bond donors (Lipinski definition) is 0. The van der Waals surface area contributed by atoms with Crippen molar-refractivity contribution >= 4 is 48.4 Å². The Hall–Kier alpha value is -2.56. The first kappa shape index (κ1) is 20.3. The van der Waals surface area contributed by atoms with Crippen molar-refractivity contribution in [2.45, 2.75) is 31.2 Å². The number of thiazole rings is 1. The SMILES string of the molecule is CC(=O)N1c2ccc(S(=O)(=O)N3CCN(c4nc5cccnc5s4)CC3)cc2C[C@H]1C. The van der Waals surface area contributed by atoms with Gasteiger partial charge in [0.1, 0.15) is 10.3 Å². The Labute approximate surface area is 185 Å². The van der Waals surface area contributed by atoms with Crippen LogP contribution in [0.2, 0.25) is 0 Å². The molecule has 0 spiro atoms. The van der Waals surface area contributed by atoms with Crippen LogP contribution in [0.3, 0.4) is 0 Å². The standard InChI is InChI=1S/C21H23N5O3S2/c1-14-12-16-13-17(5-6-19(16)26(14)15(2)27)31(28,29)25-10-8-24(9-11-25)21-23-18-4-3-7-22-20(18)30-21/h3-7,13-14H,8-12H2,1-2H3/t14-/m1/s1. The van der Waals surface area contributed by atoms with Crippen molar-refractivity contribution in [3.8, 4) is 0 Å².